The second-order valence-electron chi connectivity index (χ2n) is 4.04. The molecule has 0 aromatic heterocycles. The molecule has 0 aliphatic heterocycles. The van der Waals surface area contributed by atoms with Gasteiger partial charge in [-0.25, -0.2) is 0 Å². The number of nitrogens with zero attached hydrogens (tertiary/aromatic N) is 1. The van der Waals surface area contributed by atoms with Crippen molar-refractivity contribution >= 4 is 27.6 Å². The van der Waals surface area contributed by atoms with E-state index in [2.05, 4.69) is 22.0 Å². The van der Waals surface area contributed by atoms with Crippen LogP contribution in [-0.2, 0) is 0 Å². The van der Waals surface area contributed by atoms with E-state index in [0.717, 1.165) is 15.6 Å². The molecule has 2 heteroatoms. The number of benzene rings is 2. The highest BCUT2D eigenvalue weighted by molar-refractivity contribution is 9.10. The minimum absolute atomic E-state index is 0.673. The first-order valence-electron chi connectivity index (χ1n) is 5.64. The first-order chi connectivity index (χ1) is 8.70. The molecule has 0 heterocycles. The monoisotopic (exact) mass is 297 g/mol. The molecule has 1 nitrogen and oxygen atoms in total. The molecule has 0 aliphatic rings. The molecule has 0 unspecified atom stereocenters. The molecule has 0 spiro atoms. The average molecular weight is 298 g/mol. The van der Waals surface area contributed by atoms with Crippen LogP contribution in [0.4, 0.5) is 0 Å². The third kappa shape index (κ3) is 2.88. The van der Waals surface area contributed by atoms with Crippen molar-refractivity contribution in [3.8, 4) is 6.07 Å². The maximum atomic E-state index is 9.23. The van der Waals surface area contributed by atoms with Gasteiger partial charge in [0.2, 0.25) is 0 Å². The Bertz CT molecular complexity index is 621. The van der Waals surface area contributed by atoms with E-state index in [1.807, 2.05) is 61.5 Å². The Morgan fingerprint density at radius 3 is 2.50 bits per heavy atom. The van der Waals surface area contributed by atoms with Crippen LogP contribution in [0, 0.1) is 18.3 Å². The van der Waals surface area contributed by atoms with E-state index in [-0.39, 0.29) is 0 Å². The van der Waals surface area contributed by atoms with Gasteiger partial charge in [0.05, 0.1) is 11.6 Å². The van der Waals surface area contributed by atoms with Crippen LogP contribution in [0.3, 0.4) is 0 Å². The van der Waals surface area contributed by atoms with E-state index >= 15 is 0 Å². The summed E-state index contributed by atoms with van der Waals surface area (Å²) in [5, 5.41) is 9.23. The zero-order chi connectivity index (χ0) is 13.0. The lowest BCUT2D eigenvalue weighted by atomic mass is 10.0. The maximum Gasteiger partial charge on any atom is 0.0998 e. The number of aryl methyl sites for hydroxylation is 1. The van der Waals surface area contributed by atoms with Gasteiger partial charge in [-0.3, -0.25) is 0 Å². The van der Waals surface area contributed by atoms with Crippen molar-refractivity contribution in [3.63, 3.8) is 0 Å². The van der Waals surface area contributed by atoms with Crippen molar-refractivity contribution in [2.75, 3.05) is 0 Å². The lowest BCUT2D eigenvalue weighted by Gasteiger charge is -2.02. The number of allylic oxidation sites excluding steroid dienone is 1. The third-order valence-electron chi connectivity index (χ3n) is 2.71. The molecule has 2 aromatic rings. The minimum atomic E-state index is 0.673. The largest absolute Gasteiger partial charge is 0.192 e. The Balaban J connectivity index is 2.42. The van der Waals surface area contributed by atoms with Crippen LogP contribution in [0.1, 0.15) is 16.7 Å². The molecule has 0 saturated carbocycles. The van der Waals surface area contributed by atoms with Crippen LogP contribution >= 0.6 is 15.9 Å². The number of hydrogen-bond acceptors (Lipinski definition) is 1. The molecule has 18 heavy (non-hydrogen) atoms. The Morgan fingerprint density at radius 1 is 1.17 bits per heavy atom. The van der Waals surface area contributed by atoms with Crippen molar-refractivity contribution in [1.29, 1.82) is 5.26 Å². The van der Waals surface area contributed by atoms with E-state index in [1.165, 1.54) is 5.56 Å². The first kappa shape index (κ1) is 12.6. The third-order valence-corrected chi connectivity index (χ3v) is 3.57. The minimum Gasteiger partial charge on any atom is -0.192 e. The summed E-state index contributed by atoms with van der Waals surface area (Å²) in [6, 6.07) is 18.0. The van der Waals surface area contributed by atoms with E-state index in [4.69, 9.17) is 0 Å². The molecule has 2 aromatic carbocycles. The first-order valence-corrected chi connectivity index (χ1v) is 6.43. The van der Waals surface area contributed by atoms with Crippen molar-refractivity contribution in [1.82, 2.24) is 0 Å². The van der Waals surface area contributed by atoms with Gasteiger partial charge >= 0.3 is 0 Å². The fraction of sp³-hybridized carbons (Fsp3) is 0.0625. The van der Waals surface area contributed by atoms with E-state index in [0.29, 0.717) is 5.57 Å². The van der Waals surface area contributed by atoms with Gasteiger partial charge in [0.25, 0.3) is 0 Å². The highest BCUT2D eigenvalue weighted by Gasteiger charge is 2.01. The molecule has 0 atom stereocenters. The van der Waals surface area contributed by atoms with Crippen LogP contribution in [0.2, 0.25) is 0 Å². The Hall–Kier alpha value is -1.85. The summed E-state index contributed by atoms with van der Waals surface area (Å²) in [6.45, 7) is 2.04. The van der Waals surface area contributed by atoms with Gasteiger partial charge in [0.15, 0.2) is 0 Å². The molecule has 0 radical (unpaired) electrons. The van der Waals surface area contributed by atoms with Gasteiger partial charge in [-0.1, -0.05) is 58.4 Å². The Kier molecular flexibility index (Phi) is 3.96. The maximum absolute atomic E-state index is 9.23. The van der Waals surface area contributed by atoms with Gasteiger partial charge in [-0.2, -0.15) is 5.26 Å². The number of halogens is 1. The summed E-state index contributed by atoms with van der Waals surface area (Å²) in [6.07, 6.45) is 1.90. The van der Waals surface area contributed by atoms with Crippen molar-refractivity contribution < 1.29 is 0 Å². The van der Waals surface area contributed by atoms with Gasteiger partial charge in [-0.15, -0.1) is 0 Å². The fourth-order valence-electron chi connectivity index (χ4n) is 1.66. The molecule has 0 saturated heterocycles. The topological polar surface area (TPSA) is 23.8 Å². The predicted molar refractivity (Wildman–Crippen MR) is 78.8 cm³/mol. The highest BCUT2D eigenvalue weighted by atomic mass is 79.9. The van der Waals surface area contributed by atoms with Crippen molar-refractivity contribution in [3.05, 3.63) is 69.7 Å². The fourth-order valence-corrected chi connectivity index (χ4v) is 2.06. The summed E-state index contributed by atoms with van der Waals surface area (Å²) in [5.74, 6) is 0. The molecular weight excluding hydrogens is 286 g/mol. The van der Waals surface area contributed by atoms with E-state index in [1.54, 1.807) is 0 Å². The van der Waals surface area contributed by atoms with Crippen LogP contribution < -0.4 is 0 Å². The predicted octanol–water partition coefficient (Wildman–Crippen LogP) is 4.82. The number of hydrogen-bond donors (Lipinski definition) is 0. The molecule has 0 N–H and O–H groups in total. The molecule has 0 bridgehead atoms. The second kappa shape index (κ2) is 5.66. The van der Waals surface area contributed by atoms with E-state index < -0.39 is 0 Å². The second-order valence-corrected chi connectivity index (χ2v) is 4.90. The molecule has 2 rings (SSSR count). The lowest BCUT2D eigenvalue weighted by Crippen LogP contribution is -1.82. The van der Waals surface area contributed by atoms with Crippen LogP contribution in [-0.4, -0.2) is 0 Å². The average Bonchev–Trinajstić information content (AvgIpc) is 2.41. The molecule has 88 valence electrons. The summed E-state index contributed by atoms with van der Waals surface area (Å²) in [5.41, 5.74) is 3.82. The quantitative estimate of drug-likeness (QED) is 0.576. The summed E-state index contributed by atoms with van der Waals surface area (Å²) < 4.78 is 1.06. The van der Waals surface area contributed by atoms with E-state index in [9.17, 15) is 5.26 Å². The highest BCUT2D eigenvalue weighted by Crippen LogP contribution is 2.22. The lowest BCUT2D eigenvalue weighted by molar-refractivity contribution is 1.42. The zero-order valence-corrected chi connectivity index (χ0v) is 11.6. The van der Waals surface area contributed by atoms with Crippen LogP contribution in [0.15, 0.2) is 53.0 Å². The summed E-state index contributed by atoms with van der Waals surface area (Å²) in [4.78, 5) is 0. The Labute approximate surface area is 116 Å². The van der Waals surface area contributed by atoms with Crippen LogP contribution in [0.25, 0.3) is 11.6 Å². The summed E-state index contributed by atoms with van der Waals surface area (Å²) >= 11 is 3.50. The molecular formula is C16H12BrN. The Morgan fingerprint density at radius 2 is 1.89 bits per heavy atom. The molecule has 0 amide bonds. The van der Waals surface area contributed by atoms with Gasteiger partial charge in [0, 0.05) is 4.47 Å². The zero-order valence-electron chi connectivity index (χ0n) is 10.0. The van der Waals surface area contributed by atoms with Gasteiger partial charge in [-0.05, 0) is 35.8 Å². The smallest absolute Gasteiger partial charge is 0.0998 e. The number of rotatable bonds is 2. The molecule has 0 aliphatic carbocycles. The molecule has 0 fully saturated rings. The standard InChI is InChI=1S/C16H12BrN/c1-12-7-8-13(10-16(12)17)9-15(11-18)14-5-3-2-4-6-14/h2-10H,1H3/b15-9-. The summed E-state index contributed by atoms with van der Waals surface area (Å²) in [7, 11) is 0. The van der Waals surface area contributed by atoms with Crippen molar-refractivity contribution in [2.24, 2.45) is 0 Å². The SMILES string of the molecule is Cc1ccc(/C=C(/C#N)c2ccccc2)cc1Br. The van der Waals surface area contributed by atoms with Crippen molar-refractivity contribution in [2.45, 2.75) is 6.92 Å². The normalized spacial score (nSPS) is 11.1. The van der Waals surface area contributed by atoms with Gasteiger partial charge < -0.3 is 0 Å². The number of nitriles is 1. The van der Waals surface area contributed by atoms with Crippen LogP contribution in [0.5, 0.6) is 0 Å². The van der Waals surface area contributed by atoms with Gasteiger partial charge in [0.1, 0.15) is 0 Å².